The number of hydrogen-bond acceptors (Lipinski definition) is 3. The Morgan fingerprint density at radius 2 is 2.10 bits per heavy atom. The summed E-state index contributed by atoms with van der Waals surface area (Å²) in [5.74, 6) is -0.186. The number of carbonyl (C=O) groups excluding carboxylic acids is 1. The van der Waals surface area contributed by atoms with E-state index in [0.29, 0.717) is 12.8 Å². The Kier molecular flexibility index (Phi) is 3.11. The number of nitrogens with one attached hydrogen (secondary N) is 1. The van der Waals surface area contributed by atoms with Crippen molar-refractivity contribution in [2.24, 2.45) is 5.41 Å². The number of aromatic nitrogens is 1. The van der Waals surface area contributed by atoms with Crippen LogP contribution in [0, 0.1) is 16.7 Å². The first kappa shape index (κ1) is 12.6. The highest BCUT2D eigenvalue weighted by Crippen LogP contribution is 2.38. The molecule has 0 radical (unpaired) electrons. The molecular formula is C16H15N3O. The van der Waals surface area contributed by atoms with Crippen LogP contribution in [0.1, 0.15) is 25.7 Å². The quantitative estimate of drug-likeness (QED) is 0.906. The molecule has 4 heteroatoms. The lowest BCUT2D eigenvalue weighted by molar-refractivity contribution is -0.122. The van der Waals surface area contributed by atoms with Crippen molar-refractivity contribution in [3.8, 4) is 6.07 Å². The molecule has 1 aliphatic carbocycles. The largest absolute Gasteiger partial charge is 0.324 e. The van der Waals surface area contributed by atoms with Gasteiger partial charge in [-0.05, 0) is 30.4 Å². The molecule has 0 spiro atoms. The molecule has 0 aliphatic heterocycles. The fraction of sp³-hybridized carbons (Fsp3) is 0.312. The van der Waals surface area contributed by atoms with Crippen LogP contribution in [-0.4, -0.2) is 10.9 Å². The molecule has 1 fully saturated rings. The Morgan fingerprint density at radius 3 is 2.85 bits per heavy atom. The molecule has 1 saturated carbocycles. The van der Waals surface area contributed by atoms with Gasteiger partial charge in [-0.1, -0.05) is 25.0 Å². The second kappa shape index (κ2) is 4.93. The molecule has 1 amide bonds. The molecule has 100 valence electrons. The molecule has 1 N–H and O–H groups in total. The lowest BCUT2D eigenvalue weighted by Gasteiger charge is -2.19. The fourth-order valence-electron chi connectivity index (χ4n) is 2.83. The summed E-state index contributed by atoms with van der Waals surface area (Å²) in [5.41, 5.74) is -0.133. The number of pyridine rings is 1. The maximum Gasteiger partial charge on any atom is 0.244 e. The van der Waals surface area contributed by atoms with Gasteiger partial charge < -0.3 is 5.32 Å². The normalized spacial score (nSPS) is 16.8. The Bertz CT molecular complexity index is 691. The topological polar surface area (TPSA) is 65.8 Å². The van der Waals surface area contributed by atoms with Crippen molar-refractivity contribution in [2.45, 2.75) is 25.7 Å². The van der Waals surface area contributed by atoms with Gasteiger partial charge in [-0.2, -0.15) is 5.26 Å². The monoisotopic (exact) mass is 265 g/mol. The summed E-state index contributed by atoms with van der Waals surface area (Å²) in [6, 6.07) is 9.84. The SMILES string of the molecule is N#CC1(C(=O)Nc2cccc3ccncc23)CCCC1. The number of fused-ring (bicyclic) bond motifs is 1. The fourth-order valence-corrected chi connectivity index (χ4v) is 2.83. The maximum absolute atomic E-state index is 12.5. The predicted octanol–water partition coefficient (Wildman–Crippen LogP) is 3.26. The summed E-state index contributed by atoms with van der Waals surface area (Å²) in [6.07, 6.45) is 6.65. The molecule has 1 aromatic carbocycles. The third kappa shape index (κ3) is 2.01. The van der Waals surface area contributed by atoms with Gasteiger partial charge in [0.1, 0.15) is 5.41 Å². The number of hydrogen-bond donors (Lipinski definition) is 1. The van der Waals surface area contributed by atoms with E-state index in [1.54, 1.807) is 12.4 Å². The molecule has 0 unspecified atom stereocenters. The molecule has 0 saturated heterocycles. The summed E-state index contributed by atoms with van der Waals surface area (Å²) < 4.78 is 0. The smallest absolute Gasteiger partial charge is 0.244 e. The minimum atomic E-state index is -0.857. The molecule has 0 atom stereocenters. The molecule has 3 rings (SSSR count). The number of amides is 1. The van der Waals surface area contributed by atoms with E-state index in [2.05, 4.69) is 16.4 Å². The average molecular weight is 265 g/mol. The highest BCUT2D eigenvalue weighted by atomic mass is 16.2. The van der Waals surface area contributed by atoms with E-state index in [1.807, 2.05) is 24.3 Å². The van der Waals surface area contributed by atoms with E-state index >= 15 is 0 Å². The molecule has 2 aromatic rings. The van der Waals surface area contributed by atoms with E-state index in [-0.39, 0.29) is 5.91 Å². The van der Waals surface area contributed by atoms with Gasteiger partial charge in [0.2, 0.25) is 5.91 Å². The minimum Gasteiger partial charge on any atom is -0.324 e. The summed E-state index contributed by atoms with van der Waals surface area (Å²) >= 11 is 0. The molecule has 20 heavy (non-hydrogen) atoms. The van der Waals surface area contributed by atoms with E-state index in [9.17, 15) is 10.1 Å². The van der Waals surface area contributed by atoms with E-state index in [4.69, 9.17) is 0 Å². The maximum atomic E-state index is 12.5. The van der Waals surface area contributed by atoms with Gasteiger partial charge in [0.15, 0.2) is 0 Å². The third-order valence-corrected chi connectivity index (χ3v) is 4.04. The molecular weight excluding hydrogens is 250 g/mol. The van der Waals surface area contributed by atoms with Gasteiger partial charge in [0.25, 0.3) is 0 Å². The summed E-state index contributed by atoms with van der Waals surface area (Å²) in [4.78, 5) is 16.6. The number of benzene rings is 1. The van der Waals surface area contributed by atoms with Gasteiger partial charge in [0, 0.05) is 17.8 Å². The average Bonchev–Trinajstić information content (AvgIpc) is 2.98. The molecule has 1 aromatic heterocycles. The summed E-state index contributed by atoms with van der Waals surface area (Å²) in [6.45, 7) is 0. The van der Waals surface area contributed by atoms with Crippen LogP contribution in [0.2, 0.25) is 0 Å². The lowest BCUT2D eigenvalue weighted by Crippen LogP contribution is -2.32. The van der Waals surface area contributed by atoms with Crippen LogP contribution in [0.25, 0.3) is 10.8 Å². The van der Waals surface area contributed by atoms with Gasteiger partial charge >= 0.3 is 0 Å². The zero-order valence-corrected chi connectivity index (χ0v) is 11.1. The first-order chi connectivity index (χ1) is 9.75. The van der Waals surface area contributed by atoms with Gasteiger partial charge in [0.05, 0.1) is 11.8 Å². The Morgan fingerprint density at radius 1 is 1.30 bits per heavy atom. The van der Waals surface area contributed by atoms with Crippen LogP contribution in [0.5, 0.6) is 0 Å². The van der Waals surface area contributed by atoms with Crippen LogP contribution in [0.4, 0.5) is 5.69 Å². The number of anilines is 1. The van der Waals surface area contributed by atoms with Crippen molar-refractivity contribution >= 4 is 22.4 Å². The number of carbonyl (C=O) groups is 1. The number of nitrogens with zero attached hydrogens (tertiary/aromatic N) is 2. The highest BCUT2D eigenvalue weighted by molar-refractivity contribution is 6.04. The Balaban J connectivity index is 1.94. The summed E-state index contributed by atoms with van der Waals surface area (Å²) in [7, 11) is 0. The van der Waals surface area contributed by atoms with E-state index in [0.717, 1.165) is 29.3 Å². The van der Waals surface area contributed by atoms with Crippen molar-refractivity contribution in [2.75, 3.05) is 5.32 Å². The van der Waals surface area contributed by atoms with Crippen molar-refractivity contribution in [3.05, 3.63) is 36.7 Å². The lowest BCUT2D eigenvalue weighted by atomic mass is 9.87. The van der Waals surface area contributed by atoms with Gasteiger partial charge in [-0.25, -0.2) is 0 Å². The predicted molar refractivity (Wildman–Crippen MR) is 76.9 cm³/mol. The van der Waals surface area contributed by atoms with Gasteiger partial charge in [-0.15, -0.1) is 0 Å². The van der Waals surface area contributed by atoms with Crippen molar-refractivity contribution in [1.29, 1.82) is 5.26 Å². The summed E-state index contributed by atoms with van der Waals surface area (Å²) in [5, 5.41) is 14.2. The highest BCUT2D eigenvalue weighted by Gasteiger charge is 2.41. The zero-order valence-electron chi connectivity index (χ0n) is 11.1. The Hall–Kier alpha value is -2.41. The molecule has 1 heterocycles. The minimum absolute atomic E-state index is 0.186. The number of nitriles is 1. The van der Waals surface area contributed by atoms with Crippen LogP contribution < -0.4 is 5.32 Å². The van der Waals surface area contributed by atoms with E-state index in [1.165, 1.54) is 0 Å². The number of rotatable bonds is 2. The zero-order chi connectivity index (χ0) is 14.0. The second-order valence-electron chi connectivity index (χ2n) is 5.26. The van der Waals surface area contributed by atoms with E-state index < -0.39 is 5.41 Å². The van der Waals surface area contributed by atoms with Gasteiger partial charge in [-0.3, -0.25) is 9.78 Å². The molecule has 4 nitrogen and oxygen atoms in total. The van der Waals surface area contributed by atoms with Crippen molar-refractivity contribution < 1.29 is 4.79 Å². The third-order valence-electron chi connectivity index (χ3n) is 4.04. The van der Waals surface area contributed by atoms with Crippen LogP contribution in [0.3, 0.4) is 0 Å². The standard InChI is InChI=1S/C16H15N3O/c17-11-16(7-1-2-8-16)15(20)19-14-5-3-4-12-6-9-18-10-13(12)14/h3-6,9-10H,1-2,7-8H2,(H,19,20). The molecule has 1 aliphatic rings. The first-order valence-corrected chi connectivity index (χ1v) is 6.81. The van der Waals surface area contributed by atoms with Crippen LogP contribution >= 0.6 is 0 Å². The van der Waals surface area contributed by atoms with Crippen molar-refractivity contribution in [1.82, 2.24) is 4.98 Å². The Labute approximate surface area is 117 Å². The van der Waals surface area contributed by atoms with Crippen LogP contribution in [-0.2, 0) is 4.79 Å². The second-order valence-corrected chi connectivity index (χ2v) is 5.26. The van der Waals surface area contributed by atoms with Crippen LogP contribution in [0.15, 0.2) is 36.7 Å². The first-order valence-electron chi connectivity index (χ1n) is 6.81. The van der Waals surface area contributed by atoms with Crippen molar-refractivity contribution in [3.63, 3.8) is 0 Å². The molecule has 0 bridgehead atoms.